The summed E-state index contributed by atoms with van der Waals surface area (Å²) in [5, 5.41) is 3.21. The van der Waals surface area contributed by atoms with Crippen LogP contribution in [0.2, 0.25) is 0 Å². The standard InChI is InChI=1S/C13H16N4/c1-9-6-16-13(17-7-9)12(14-3)11-5-4-10(2)15-8-11/h4-8,12,14H,1-3H3. The third-order valence-electron chi connectivity index (χ3n) is 2.62. The molecule has 0 spiro atoms. The lowest BCUT2D eigenvalue weighted by atomic mass is 10.1. The van der Waals surface area contributed by atoms with Crippen LogP contribution in [0.4, 0.5) is 0 Å². The van der Waals surface area contributed by atoms with Crippen molar-refractivity contribution < 1.29 is 0 Å². The Balaban J connectivity index is 2.33. The first-order chi connectivity index (χ1) is 8.20. The van der Waals surface area contributed by atoms with Crippen molar-refractivity contribution in [3.8, 4) is 0 Å². The fourth-order valence-electron chi connectivity index (χ4n) is 1.65. The van der Waals surface area contributed by atoms with Gasteiger partial charge in [0.15, 0.2) is 0 Å². The van der Waals surface area contributed by atoms with E-state index in [1.165, 1.54) is 0 Å². The van der Waals surface area contributed by atoms with Crippen molar-refractivity contribution in [1.29, 1.82) is 0 Å². The predicted octanol–water partition coefficient (Wildman–Crippen LogP) is 1.80. The SMILES string of the molecule is CNC(c1ccc(C)nc1)c1ncc(C)cn1. The number of nitrogens with zero attached hydrogens (tertiary/aromatic N) is 3. The maximum Gasteiger partial charge on any atom is 0.149 e. The minimum absolute atomic E-state index is 0.0105. The fraction of sp³-hybridized carbons (Fsp3) is 0.308. The van der Waals surface area contributed by atoms with E-state index < -0.39 is 0 Å². The van der Waals surface area contributed by atoms with Gasteiger partial charge in [-0.1, -0.05) is 6.07 Å². The number of pyridine rings is 1. The third kappa shape index (κ3) is 2.65. The van der Waals surface area contributed by atoms with Gasteiger partial charge < -0.3 is 5.32 Å². The maximum absolute atomic E-state index is 4.35. The summed E-state index contributed by atoms with van der Waals surface area (Å²) < 4.78 is 0. The Bertz CT molecular complexity index is 430. The second kappa shape index (κ2) is 5.01. The van der Waals surface area contributed by atoms with E-state index in [9.17, 15) is 0 Å². The molecular formula is C13H16N4. The first kappa shape index (κ1) is 11.7. The van der Waals surface area contributed by atoms with E-state index >= 15 is 0 Å². The van der Waals surface area contributed by atoms with Crippen LogP contribution in [0.3, 0.4) is 0 Å². The van der Waals surface area contributed by atoms with Crippen LogP contribution in [-0.2, 0) is 0 Å². The van der Waals surface area contributed by atoms with E-state index in [0.717, 1.165) is 22.6 Å². The van der Waals surface area contributed by atoms with E-state index in [-0.39, 0.29) is 6.04 Å². The number of aromatic nitrogens is 3. The Hall–Kier alpha value is -1.81. The highest BCUT2D eigenvalue weighted by atomic mass is 15.0. The van der Waals surface area contributed by atoms with E-state index in [1.807, 2.05) is 51.6 Å². The van der Waals surface area contributed by atoms with Crippen molar-refractivity contribution in [2.45, 2.75) is 19.9 Å². The summed E-state index contributed by atoms with van der Waals surface area (Å²) in [6.07, 6.45) is 5.52. The fourth-order valence-corrected chi connectivity index (χ4v) is 1.65. The van der Waals surface area contributed by atoms with Crippen LogP contribution in [0.25, 0.3) is 0 Å². The zero-order valence-corrected chi connectivity index (χ0v) is 10.3. The van der Waals surface area contributed by atoms with Gasteiger partial charge in [-0.05, 0) is 38.1 Å². The van der Waals surface area contributed by atoms with Gasteiger partial charge in [-0.15, -0.1) is 0 Å². The molecule has 17 heavy (non-hydrogen) atoms. The Labute approximate surface area is 101 Å². The molecular weight excluding hydrogens is 212 g/mol. The van der Waals surface area contributed by atoms with E-state index in [4.69, 9.17) is 0 Å². The summed E-state index contributed by atoms with van der Waals surface area (Å²) in [6, 6.07) is 4.03. The van der Waals surface area contributed by atoms with E-state index in [2.05, 4.69) is 20.3 Å². The molecule has 2 heterocycles. The molecule has 88 valence electrons. The Kier molecular flexibility index (Phi) is 3.44. The quantitative estimate of drug-likeness (QED) is 0.870. The van der Waals surface area contributed by atoms with Gasteiger partial charge in [-0.3, -0.25) is 4.98 Å². The topological polar surface area (TPSA) is 50.7 Å². The zero-order chi connectivity index (χ0) is 12.3. The molecule has 4 heteroatoms. The molecule has 1 atom stereocenters. The lowest BCUT2D eigenvalue weighted by Gasteiger charge is -2.14. The Morgan fingerprint density at radius 2 is 1.71 bits per heavy atom. The van der Waals surface area contributed by atoms with Gasteiger partial charge in [-0.25, -0.2) is 9.97 Å². The van der Waals surface area contributed by atoms with Crippen LogP contribution in [-0.4, -0.2) is 22.0 Å². The smallest absolute Gasteiger partial charge is 0.149 e. The Morgan fingerprint density at radius 1 is 1.00 bits per heavy atom. The summed E-state index contributed by atoms with van der Waals surface area (Å²) >= 11 is 0. The number of rotatable bonds is 3. The molecule has 2 aromatic rings. The zero-order valence-electron chi connectivity index (χ0n) is 10.3. The molecule has 0 saturated heterocycles. The molecule has 2 rings (SSSR count). The molecule has 0 aliphatic rings. The van der Waals surface area contributed by atoms with Gasteiger partial charge in [0.1, 0.15) is 5.82 Å². The third-order valence-corrected chi connectivity index (χ3v) is 2.62. The first-order valence-corrected chi connectivity index (χ1v) is 5.59. The van der Waals surface area contributed by atoms with E-state index in [0.29, 0.717) is 0 Å². The second-order valence-electron chi connectivity index (χ2n) is 4.07. The van der Waals surface area contributed by atoms with E-state index in [1.54, 1.807) is 0 Å². The highest BCUT2D eigenvalue weighted by Gasteiger charge is 2.14. The minimum atomic E-state index is -0.0105. The van der Waals surface area contributed by atoms with Gasteiger partial charge in [-0.2, -0.15) is 0 Å². The summed E-state index contributed by atoms with van der Waals surface area (Å²) in [5.41, 5.74) is 3.14. The summed E-state index contributed by atoms with van der Waals surface area (Å²) in [7, 11) is 1.90. The van der Waals surface area contributed by atoms with Crippen molar-refractivity contribution in [3.05, 3.63) is 53.4 Å². The monoisotopic (exact) mass is 228 g/mol. The molecule has 0 aliphatic heterocycles. The molecule has 1 unspecified atom stereocenters. The van der Waals surface area contributed by atoms with Gasteiger partial charge in [0, 0.05) is 24.3 Å². The molecule has 0 amide bonds. The molecule has 2 aromatic heterocycles. The molecule has 0 saturated carbocycles. The Morgan fingerprint density at radius 3 is 2.24 bits per heavy atom. The summed E-state index contributed by atoms with van der Waals surface area (Å²) in [4.78, 5) is 13.0. The van der Waals surface area contributed by atoms with Gasteiger partial charge in [0.05, 0.1) is 6.04 Å². The molecule has 0 fully saturated rings. The van der Waals surface area contributed by atoms with Crippen LogP contribution in [0.1, 0.15) is 28.7 Å². The number of hydrogen-bond acceptors (Lipinski definition) is 4. The van der Waals surface area contributed by atoms with Gasteiger partial charge in [0.25, 0.3) is 0 Å². The minimum Gasteiger partial charge on any atom is -0.307 e. The molecule has 0 bridgehead atoms. The van der Waals surface area contributed by atoms with Crippen molar-refractivity contribution in [3.63, 3.8) is 0 Å². The number of aryl methyl sites for hydroxylation is 2. The second-order valence-corrected chi connectivity index (χ2v) is 4.07. The van der Waals surface area contributed by atoms with Crippen molar-refractivity contribution >= 4 is 0 Å². The van der Waals surface area contributed by atoms with Crippen LogP contribution in [0.15, 0.2) is 30.7 Å². The molecule has 0 radical (unpaired) electrons. The lowest BCUT2D eigenvalue weighted by molar-refractivity contribution is 0.642. The molecule has 0 aromatic carbocycles. The normalized spacial score (nSPS) is 12.4. The number of hydrogen-bond donors (Lipinski definition) is 1. The van der Waals surface area contributed by atoms with Crippen LogP contribution in [0, 0.1) is 13.8 Å². The van der Waals surface area contributed by atoms with Gasteiger partial charge >= 0.3 is 0 Å². The largest absolute Gasteiger partial charge is 0.307 e. The predicted molar refractivity (Wildman–Crippen MR) is 66.6 cm³/mol. The van der Waals surface area contributed by atoms with Gasteiger partial charge in [0.2, 0.25) is 0 Å². The van der Waals surface area contributed by atoms with Crippen molar-refractivity contribution in [1.82, 2.24) is 20.3 Å². The maximum atomic E-state index is 4.35. The van der Waals surface area contributed by atoms with Crippen LogP contribution < -0.4 is 5.32 Å². The highest BCUT2D eigenvalue weighted by molar-refractivity contribution is 5.23. The van der Waals surface area contributed by atoms with Crippen molar-refractivity contribution in [2.75, 3.05) is 7.05 Å². The van der Waals surface area contributed by atoms with Crippen molar-refractivity contribution in [2.24, 2.45) is 0 Å². The lowest BCUT2D eigenvalue weighted by Crippen LogP contribution is -2.20. The average molecular weight is 228 g/mol. The molecule has 1 N–H and O–H groups in total. The molecule has 4 nitrogen and oxygen atoms in total. The first-order valence-electron chi connectivity index (χ1n) is 5.59. The van der Waals surface area contributed by atoms with Crippen LogP contribution in [0.5, 0.6) is 0 Å². The highest BCUT2D eigenvalue weighted by Crippen LogP contribution is 2.17. The molecule has 0 aliphatic carbocycles. The van der Waals surface area contributed by atoms with Crippen LogP contribution >= 0.6 is 0 Å². The summed E-state index contributed by atoms with van der Waals surface area (Å²) in [5.74, 6) is 0.767. The summed E-state index contributed by atoms with van der Waals surface area (Å²) in [6.45, 7) is 3.95. The average Bonchev–Trinajstić information content (AvgIpc) is 2.35. The number of nitrogens with one attached hydrogen (secondary N) is 1.